The molecule has 1 saturated heterocycles. The van der Waals surface area contributed by atoms with Crippen molar-refractivity contribution < 1.29 is 28.7 Å². The first kappa shape index (κ1) is 23.6. The predicted molar refractivity (Wildman–Crippen MR) is 116 cm³/mol. The van der Waals surface area contributed by atoms with E-state index in [1.54, 1.807) is 70.7 Å². The van der Waals surface area contributed by atoms with Crippen molar-refractivity contribution in [2.45, 2.75) is 71.5 Å². The van der Waals surface area contributed by atoms with Gasteiger partial charge in [-0.1, -0.05) is 26.0 Å². The Balaban J connectivity index is 1.77. The standard InChI is InChI=1S/C24H30N2O6/c1-14(2)19(25-20(29)16-9-7-8-10-17(16)21(25)30)22(31)32-13-18(28)26-23(3,4)11-15(27)12-24(26,5)6/h7-10,14,19H,11-13H2,1-6H3/t19-/m0/s1. The smallest absolute Gasteiger partial charge is 0.330 e. The molecule has 2 heterocycles. The van der Waals surface area contributed by atoms with E-state index in [-0.39, 0.29) is 29.8 Å². The van der Waals surface area contributed by atoms with E-state index < -0.39 is 53.3 Å². The number of hydrogen-bond acceptors (Lipinski definition) is 6. The number of likely N-dealkylation sites (tertiary alicyclic amines) is 1. The zero-order valence-corrected chi connectivity index (χ0v) is 19.4. The lowest BCUT2D eigenvalue weighted by Gasteiger charge is -2.52. The molecular weight excluding hydrogens is 412 g/mol. The highest BCUT2D eigenvalue weighted by atomic mass is 16.5. The van der Waals surface area contributed by atoms with Crippen molar-refractivity contribution in [3.63, 3.8) is 0 Å². The Morgan fingerprint density at radius 2 is 1.41 bits per heavy atom. The van der Waals surface area contributed by atoms with Crippen LogP contribution in [0.25, 0.3) is 0 Å². The quantitative estimate of drug-likeness (QED) is 0.513. The summed E-state index contributed by atoms with van der Waals surface area (Å²) in [5.41, 5.74) is -0.952. The topological polar surface area (TPSA) is 101 Å². The van der Waals surface area contributed by atoms with Gasteiger partial charge in [0.05, 0.1) is 11.1 Å². The predicted octanol–water partition coefficient (Wildman–Crippen LogP) is 2.60. The van der Waals surface area contributed by atoms with Gasteiger partial charge < -0.3 is 9.64 Å². The Bertz CT molecular complexity index is 939. The van der Waals surface area contributed by atoms with Crippen molar-refractivity contribution in [1.82, 2.24) is 9.80 Å². The van der Waals surface area contributed by atoms with Crippen LogP contribution < -0.4 is 0 Å². The molecule has 3 rings (SSSR count). The van der Waals surface area contributed by atoms with Crippen LogP contribution in [0.15, 0.2) is 24.3 Å². The maximum atomic E-state index is 13.1. The lowest BCUT2D eigenvalue weighted by Crippen LogP contribution is -2.64. The first-order chi connectivity index (χ1) is 14.8. The highest BCUT2D eigenvalue weighted by molar-refractivity contribution is 6.22. The number of Topliss-reactive ketones (excluding diaryl/α,β-unsaturated/α-hetero) is 1. The van der Waals surface area contributed by atoms with Crippen LogP contribution in [0.4, 0.5) is 0 Å². The number of amides is 3. The minimum absolute atomic E-state index is 0.0755. The molecule has 1 atom stereocenters. The summed E-state index contributed by atoms with van der Waals surface area (Å²) in [6, 6.07) is 5.25. The van der Waals surface area contributed by atoms with Gasteiger partial charge in [-0.15, -0.1) is 0 Å². The minimum Gasteiger partial charge on any atom is -0.454 e. The number of ether oxygens (including phenoxy) is 1. The molecule has 0 bridgehead atoms. The van der Waals surface area contributed by atoms with E-state index in [1.807, 2.05) is 0 Å². The van der Waals surface area contributed by atoms with E-state index in [2.05, 4.69) is 0 Å². The molecule has 0 aromatic heterocycles. The number of carbonyl (C=O) groups is 5. The third-order valence-electron chi connectivity index (χ3n) is 6.03. The van der Waals surface area contributed by atoms with Crippen molar-refractivity contribution >= 4 is 29.5 Å². The number of fused-ring (bicyclic) bond motifs is 1. The van der Waals surface area contributed by atoms with Crippen molar-refractivity contribution in [2.75, 3.05) is 6.61 Å². The van der Waals surface area contributed by atoms with Gasteiger partial charge in [0.2, 0.25) is 0 Å². The van der Waals surface area contributed by atoms with E-state index >= 15 is 0 Å². The van der Waals surface area contributed by atoms with Gasteiger partial charge in [-0.2, -0.15) is 0 Å². The van der Waals surface area contributed by atoms with Crippen LogP contribution in [0.5, 0.6) is 0 Å². The third kappa shape index (κ3) is 4.06. The summed E-state index contributed by atoms with van der Waals surface area (Å²) >= 11 is 0. The normalized spacial score (nSPS) is 20.4. The molecule has 0 spiro atoms. The van der Waals surface area contributed by atoms with Crippen molar-refractivity contribution in [2.24, 2.45) is 5.92 Å². The van der Waals surface area contributed by atoms with E-state index in [9.17, 15) is 24.0 Å². The zero-order valence-electron chi connectivity index (χ0n) is 19.4. The number of esters is 1. The number of benzene rings is 1. The molecule has 3 amide bonds. The molecule has 0 unspecified atom stereocenters. The number of imide groups is 1. The lowest BCUT2D eigenvalue weighted by molar-refractivity contribution is -0.165. The summed E-state index contributed by atoms with van der Waals surface area (Å²) in [4.78, 5) is 66.3. The van der Waals surface area contributed by atoms with Crippen LogP contribution >= 0.6 is 0 Å². The first-order valence-electron chi connectivity index (χ1n) is 10.8. The Morgan fingerprint density at radius 1 is 0.938 bits per heavy atom. The maximum absolute atomic E-state index is 13.1. The van der Waals surface area contributed by atoms with Crippen LogP contribution in [0, 0.1) is 5.92 Å². The fraction of sp³-hybridized carbons (Fsp3) is 0.542. The highest BCUT2D eigenvalue weighted by Crippen LogP contribution is 2.36. The largest absolute Gasteiger partial charge is 0.454 e. The fourth-order valence-corrected chi connectivity index (χ4v) is 5.10. The molecule has 0 saturated carbocycles. The minimum atomic E-state index is -1.15. The number of hydrogen-bond donors (Lipinski definition) is 0. The van der Waals surface area contributed by atoms with Gasteiger partial charge in [0.15, 0.2) is 6.61 Å². The van der Waals surface area contributed by atoms with Gasteiger partial charge in [0.25, 0.3) is 17.7 Å². The van der Waals surface area contributed by atoms with E-state index in [1.165, 1.54) is 0 Å². The molecule has 1 aromatic rings. The van der Waals surface area contributed by atoms with Crippen molar-refractivity contribution in [3.8, 4) is 0 Å². The number of carbonyl (C=O) groups excluding carboxylic acids is 5. The van der Waals surface area contributed by atoms with E-state index in [4.69, 9.17) is 4.74 Å². The summed E-state index contributed by atoms with van der Waals surface area (Å²) < 4.78 is 5.34. The SMILES string of the molecule is CC(C)[C@@H](C(=O)OCC(=O)N1C(C)(C)CC(=O)CC1(C)C)N1C(=O)c2ccccc2C1=O. The van der Waals surface area contributed by atoms with E-state index in [0.29, 0.717) is 0 Å². The summed E-state index contributed by atoms with van der Waals surface area (Å²) in [5.74, 6) is -2.68. The van der Waals surface area contributed by atoms with Gasteiger partial charge >= 0.3 is 5.97 Å². The Morgan fingerprint density at radius 3 is 1.84 bits per heavy atom. The van der Waals surface area contributed by atoms with Gasteiger partial charge in [-0.25, -0.2) is 4.79 Å². The number of rotatable bonds is 5. The molecule has 0 N–H and O–H groups in total. The Labute approximate surface area is 187 Å². The Hall–Kier alpha value is -3.03. The molecule has 8 heteroatoms. The lowest BCUT2D eigenvalue weighted by atomic mass is 9.79. The first-order valence-corrected chi connectivity index (χ1v) is 10.8. The highest BCUT2D eigenvalue weighted by Gasteiger charge is 2.48. The molecule has 0 radical (unpaired) electrons. The molecular formula is C24H30N2O6. The summed E-state index contributed by atoms with van der Waals surface area (Å²) in [6.45, 7) is 10.1. The molecule has 2 aliphatic heterocycles. The number of piperidine rings is 1. The van der Waals surface area contributed by atoms with Gasteiger partial charge in [-0.3, -0.25) is 24.1 Å². The van der Waals surface area contributed by atoms with Gasteiger partial charge in [-0.05, 0) is 45.7 Å². The second-order valence-corrected chi connectivity index (χ2v) is 10.1. The summed E-state index contributed by atoms with van der Waals surface area (Å²) in [7, 11) is 0. The van der Waals surface area contributed by atoms with Crippen LogP contribution in [-0.2, 0) is 19.1 Å². The molecule has 0 aliphatic carbocycles. The maximum Gasteiger partial charge on any atom is 0.330 e. The van der Waals surface area contributed by atoms with Crippen LogP contribution in [0.2, 0.25) is 0 Å². The molecule has 1 aromatic carbocycles. The Kier molecular flexibility index (Phi) is 6.02. The van der Waals surface area contributed by atoms with Crippen molar-refractivity contribution in [1.29, 1.82) is 0 Å². The second kappa shape index (κ2) is 8.15. The van der Waals surface area contributed by atoms with Gasteiger partial charge in [0.1, 0.15) is 11.8 Å². The van der Waals surface area contributed by atoms with Crippen LogP contribution in [0.1, 0.15) is 75.1 Å². The average molecular weight is 443 g/mol. The van der Waals surface area contributed by atoms with Gasteiger partial charge in [0, 0.05) is 23.9 Å². The van der Waals surface area contributed by atoms with Crippen LogP contribution in [-0.4, -0.2) is 63.0 Å². The second-order valence-electron chi connectivity index (χ2n) is 10.1. The number of nitrogens with zero attached hydrogens (tertiary/aromatic N) is 2. The fourth-order valence-electron chi connectivity index (χ4n) is 5.10. The zero-order chi connectivity index (χ0) is 24.0. The monoisotopic (exact) mass is 442 g/mol. The molecule has 2 aliphatic rings. The van der Waals surface area contributed by atoms with Crippen molar-refractivity contribution in [3.05, 3.63) is 35.4 Å². The third-order valence-corrected chi connectivity index (χ3v) is 6.03. The summed E-state index contributed by atoms with van der Waals surface area (Å²) in [5, 5.41) is 0. The molecule has 8 nitrogen and oxygen atoms in total. The molecule has 1 fully saturated rings. The number of ketones is 1. The van der Waals surface area contributed by atoms with Crippen LogP contribution in [0.3, 0.4) is 0 Å². The molecule has 172 valence electrons. The van der Waals surface area contributed by atoms with E-state index in [0.717, 1.165) is 4.90 Å². The summed E-state index contributed by atoms with van der Waals surface area (Å²) in [6.07, 6.45) is 0.444. The molecule has 32 heavy (non-hydrogen) atoms. The average Bonchev–Trinajstić information content (AvgIpc) is 2.89.